The minimum absolute atomic E-state index is 0.174. The van der Waals surface area contributed by atoms with Crippen molar-refractivity contribution >= 4 is 5.97 Å². The van der Waals surface area contributed by atoms with Crippen LogP contribution < -0.4 is 5.90 Å². The topological polar surface area (TPSA) is 52.3 Å². The van der Waals surface area contributed by atoms with E-state index in [2.05, 4.69) is 17.3 Å². The van der Waals surface area contributed by atoms with Crippen molar-refractivity contribution in [1.29, 1.82) is 0 Å². The van der Waals surface area contributed by atoms with E-state index in [1.807, 2.05) is 0 Å². The molecule has 0 spiro atoms. The van der Waals surface area contributed by atoms with Gasteiger partial charge < -0.3 is 4.84 Å². The van der Waals surface area contributed by atoms with Crippen molar-refractivity contribution in [1.82, 2.24) is 0 Å². The molecule has 0 aliphatic carbocycles. The first kappa shape index (κ1) is 8.17. The van der Waals surface area contributed by atoms with Gasteiger partial charge in [0.2, 0.25) is 0 Å². The fraction of sp³-hybridized carbons (Fsp3) is 0.500. The average Bonchev–Trinajstić information content (AvgIpc) is 1.87. The first-order chi connectivity index (χ1) is 4.22. The van der Waals surface area contributed by atoms with Crippen LogP contribution in [0, 0.1) is 5.92 Å². The molecular weight excluding hydrogens is 118 g/mol. The molecule has 3 nitrogen and oxygen atoms in total. The zero-order chi connectivity index (χ0) is 7.28. The molecule has 0 rings (SSSR count). The Morgan fingerprint density at radius 1 is 2.00 bits per heavy atom. The standard InChI is InChI=1S/C6H11NO2/c1-3-4-5(2)6(8)9-7/h3,5H,1,4,7H2,2H3. The number of nitrogens with two attached hydrogens (primary N) is 1. The van der Waals surface area contributed by atoms with E-state index in [-0.39, 0.29) is 5.92 Å². The van der Waals surface area contributed by atoms with Crippen LogP contribution >= 0.6 is 0 Å². The summed E-state index contributed by atoms with van der Waals surface area (Å²) >= 11 is 0. The summed E-state index contributed by atoms with van der Waals surface area (Å²) in [5.74, 6) is 4.05. The number of hydrogen-bond acceptors (Lipinski definition) is 3. The molecule has 0 heterocycles. The van der Waals surface area contributed by atoms with Gasteiger partial charge in [-0.3, -0.25) is 4.79 Å². The lowest BCUT2D eigenvalue weighted by atomic mass is 10.1. The van der Waals surface area contributed by atoms with Gasteiger partial charge in [-0.2, -0.15) is 5.90 Å². The summed E-state index contributed by atoms with van der Waals surface area (Å²) in [6.07, 6.45) is 2.26. The fourth-order valence-corrected chi connectivity index (χ4v) is 0.462. The SMILES string of the molecule is C=CCC(C)C(=O)ON. The van der Waals surface area contributed by atoms with Gasteiger partial charge in [-0.15, -0.1) is 6.58 Å². The van der Waals surface area contributed by atoms with E-state index in [1.54, 1.807) is 13.0 Å². The van der Waals surface area contributed by atoms with Crippen molar-refractivity contribution in [3.8, 4) is 0 Å². The van der Waals surface area contributed by atoms with Crippen molar-refractivity contribution < 1.29 is 9.63 Å². The van der Waals surface area contributed by atoms with Gasteiger partial charge in [0, 0.05) is 0 Å². The summed E-state index contributed by atoms with van der Waals surface area (Å²) in [6.45, 7) is 5.20. The summed E-state index contributed by atoms with van der Waals surface area (Å²) < 4.78 is 0. The highest BCUT2D eigenvalue weighted by atomic mass is 16.7. The highest BCUT2D eigenvalue weighted by Crippen LogP contribution is 2.02. The third-order valence-corrected chi connectivity index (χ3v) is 1.04. The zero-order valence-corrected chi connectivity index (χ0v) is 5.46. The second-order valence-electron chi connectivity index (χ2n) is 1.86. The molecule has 2 N–H and O–H groups in total. The van der Waals surface area contributed by atoms with Crippen molar-refractivity contribution in [2.75, 3.05) is 0 Å². The van der Waals surface area contributed by atoms with Crippen LogP contribution in [-0.4, -0.2) is 5.97 Å². The van der Waals surface area contributed by atoms with Gasteiger partial charge in [-0.1, -0.05) is 13.0 Å². The summed E-state index contributed by atoms with van der Waals surface area (Å²) in [4.78, 5) is 14.5. The summed E-state index contributed by atoms with van der Waals surface area (Å²) in [6, 6.07) is 0. The summed E-state index contributed by atoms with van der Waals surface area (Å²) in [5.41, 5.74) is 0. The lowest BCUT2D eigenvalue weighted by Gasteiger charge is -2.02. The molecule has 0 aromatic carbocycles. The minimum Gasteiger partial charge on any atom is -0.373 e. The Hall–Kier alpha value is -0.830. The van der Waals surface area contributed by atoms with Gasteiger partial charge in [0.1, 0.15) is 0 Å². The molecule has 3 heteroatoms. The van der Waals surface area contributed by atoms with Crippen LogP contribution in [0.2, 0.25) is 0 Å². The number of carbonyl (C=O) groups excluding carboxylic acids is 1. The highest BCUT2D eigenvalue weighted by molar-refractivity contribution is 5.71. The van der Waals surface area contributed by atoms with E-state index in [4.69, 9.17) is 0 Å². The first-order valence-corrected chi connectivity index (χ1v) is 2.73. The normalized spacial score (nSPS) is 12.2. The molecule has 0 aromatic heterocycles. The average molecular weight is 129 g/mol. The van der Waals surface area contributed by atoms with E-state index in [0.29, 0.717) is 6.42 Å². The van der Waals surface area contributed by atoms with Crippen LogP contribution in [0.1, 0.15) is 13.3 Å². The molecule has 0 amide bonds. The second-order valence-corrected chi connectivity index (χ2v) is 1.86. The van der Waals surface area contributed by atoms with Crippen molar-refractivity contribution in [2.45, 2.75) is 13.3 Å². The molecule has 0 saturated carbocycles. The predicted molar refractivity (Wildman–Crippen MR) is 34.3 cm³/mol. The maximum atomic E-state index is 10.5. The first-order valence-electron chi connectivity index (χ1n) is 2.73. The van der Waals surface area contributed by atoms with Gasteiger partial charge in [0.15, 0.2) is 0 Å². The molecule has 9 heavy (non-hydrogen) atoms. The van der Waals surface area contributed by atoms with E-state index < -0.39 is 5.97 Å². The van der Waals surface area contributed by atoms with E-state index in [9.17, 15) is 4.79 Å². The Morgan fingerprint density at radius 3 is 2.89 bits per heavy atom. The van der Waals surface area contributed by atoms with Crippen molar-refractivity contribution in [2.24, 2.45) is 11.8 Å². The van der Waals surface area contributed by atoms with Crippen LogP contribution in [0.15, 0.2) is 12.7 Å². The van der Waals surface area contributed by atoms with Crippen molar-refractivity contribution in [3.63, 3.8) is 0 Å². The quantitative estimate of drug-likeness (QED) is 0.449. The highest BCUT2D eigenvalue weighted by Gasteiger charge is 2.10. The summed E-state index contributed by atoms with van der Waals surface area (Å²) in [5, 5.41) is 0. The van der Waals surface area contributed by atoms with Crippen LogP contribution in [0.25, 0.3) is 0 Å². The van der Waals surface area contributed by atoms with Gasteiger partial charge in [-0.25, -0.2) is 0 Å². The van der Waals surface area contributed by atoms with Crippen LogP contribution in [0.5, 0.6) is 0 Å². The zero-order valence-electron chi connectivity index (χ0n) is 5.46. The third kappa shape index (κ3) is 2.87. The van der Waals surface area contributed by atoms with E-state index in [1.165, 1.54) is 0 Å². The maximum Gasteiger partial charge on any atom is 0.327 e. The minimum atomic E-state index is -0.394. The number of allylic oxidation sites excluding steroid dienone is 1. The Morgan fingerprint density at radius 2 is 2.56 bits per heavy atom. The van der Waals surface area contributed by atoms with Gasteiger partial charge >= 0.3 is 5.97 Å². The lowest BCUT2D eigenvalue weighted by Crippen LogP contribution is -2.17. The number of carbonyl (C=O) groups is 1. The Labute approximate surface area is 54.4 Å². The second kappa shape index (κ2) is 4.09. The third-order valence-electron chi connectivity index (χ3n) is 1.04. The van der Waals surface area contributed by atoms with Crippen LogP contribution in [0.4, 0.5) is 0 Å². The lowest BCUT2D eigenvalue weighted by molar-refractivity contribution is -0.148. The van der Waals surface area contributed by atoms with Crippen molar-refractivity contribution in [3.05, 3.63) is 12.7 Å². The molecule has 0 aliphatic heterocycles. The molecule has 0 radical (unpaired) electrons. The molecule has 1 atom stereocenters. The monoisotopic (exact) mass is 129 g/mol. The molecule has 52 valence electrons. The molecule has 0 fully saturated rings. The van der Waals surface area contributed by atoms with E-state index >= 15 is 0 Å². The fourth-order valence-electron chi connectivity index (χ4n) is 0.462. The largest absolute Gasteiger partial charge is 0.373 e. The Bertz CT molecular complexity index is 112. The van der Waals surface area contributed by atoms with Gasteiger partial charge in [-0.05, 0) is 6.42 Å². The maximum absolute atomic E-state index is 10.5. The molecule has 0 aliphatic rings. The smallest absolute Gasteiger partial charge is 0.327 e. The van der Waals surface area contributed by atoms with Gasteiger partial charge in [0.25, 0.3) is 0 Å². The predicted octanol–water partition coefficient (Wildman–Crippen LogP) is 0.616. The van der Waals surface area contributed by atoms with Crippen LogP contribution in [-0.2, 0) is 9.63 Å². The molecule has 0 saturated heterocycles. The van der Waals surface area contributed by atoms with Gasteiger partial charge in [0.05, 0.1) is 5.92 Å². The molecule has 1 unspecified atom stereocenters. The number of rotatable bonds is 3. The Balaban J connectivity index is 3.58. The summed E-state index contributed by atoms with van der Waals surface area (Å²) in [7, 11) is 0. The number of hydrogen-bond donors (Lipinski definition) is 1. The molecule has 0 aromatic rings. The van der Waals surface area contributed by atoms with E-state index in [0.717, 1.165) is 0 Å². The van der Waals surface area contributed by atoms with Crippen LogP contribution in [0.3, 0.4) is 0 Å². The molecular formula is C6H11NO2. The Kier molecular flexibility index (Phi) is 3.71. The molecule has 0 bridgehead atoms.